The molecule has 110 valence electrons. The van der Waals surface area contributed by atoms with Gasteiger partial charge in [0.2, 0.25) is 0 Å². The molecule has 20 heavy (non-hydrogen) atoms. The number of benzene rings is 1. The molecule has 0 aromatic heterocycles. The molecule has 1 aliphatic carbocycles. The third-order valence-corrected chi connectivity index (χ3v) is 4.11. The van der Waals surface area contributed by atoms with Crippen LogP contribution in [0.2, 0.25) is 0 Å². The Morgan fingerprint density at radius 1 is 1.30 bits per heavy atom. The first kappa shape index (κ1) is 14.9. The van der Waals surface area contributed by atoms with E-state index >= 15 is 0 Å². The zero-order valence-electron chi connectivity index (χ0n) is 12.3. The first-order valence-electron chi connectivity index (χ1n) is 7.53. The first-order valence-corrected chi connectivity index (χ1v) is 7.53. The molecule has 0 saturated heterocycles. The van der Waals surface area contributed by atoms with Crippen molar-refractivity contribution in [1.82, 2.24) is 4.90 Å². The van der Waals surface area contributed by atoms with E-state index in [9.17, 15) is 4.79 Å². The first-order chi connectivity index (χ1) is 9.70. The van der Waals surface area contributed by atoms with Crippen molar-refractivity contribution in [3.63, 3.8) is 0 Å². The molecule has 1 saturated carbocycles. The summed E-state index contributed by atoms with van der Waals surface area (Å²) < 4.78 is 0. The third-order valence-electron chi connectivity index (χ3n) is 4.11. The van der Waals surface area contributed by atoms with Crippen LogP contribution >= 0.6 is 0 Å². The maximum absolute atomic E-state index is 12.3. The van der Waals surface area contributed by atoms with Crippen LogP contribution in [0.25, 0.3) is 0 Å². The number of nitrogens with two attached hydrogens (primary N) is 1. The lowest BCUT2D eigenvalue weighted by Crippen LogP contribution is -2.39. The zero-order chi connectivity index (χ0) is 14.4. The maximum atomic E-state index is 12.3. The molecule has 0 radical (unpaired) electrons. The maximum Gasteiger partial charge on any atom is 0.321 e. The van der Waals surface area contributed by atoms with Gasteiger partial charge in [0.15, 0.2) is 0 Å². The second-order valence-corrected chi connectivity index (χ2v) is 5.59. The van der Waals surface area contributed by atoms with Gasteiger partial charge in [-0.25, -0.2) is 4.79 Å². The van der Waals surface area contributed by atoms with Crippen molar-refractivity contribution in [2.45, 2.75) is 51.1 Å². The summed E-state index contributed by atoms with van der Waals surface area (Å²) in [6.07, 6.45) is 7.28. The fourth-order valence-electron chi connectivity index (χ4n) is 2.80. The van der Waals surface area contributed by atoms with Crippen LogP contribution < -0.4 is 11.1 Å². The van der Waals surface area contributed by atoms with Crippen LogP contribution in [-0.2, 0) is 6.54 Å². The van der Waals surface area contributed by atoms with Gasteiger partial charge in [0.1, 0.15) is 0 Å². The molecule has 3 N–H and O–H groups in total. The molecular weight excluding hydrogens is 250 g/mol. The van der Waals surface area contributed by atoms with Crippen molar-refractivity contribution >= 4 is 11.7 Å². The Morgan fingerprint density at radius 2 is 2.00 bits per heavy atom. The second kappa shape index (κ2) is 7.29. The smallest absolute Gasteiger partial charge is 0.321 e. The number of amides is 2. The van der Waals surface area contributed by atoms with Crippen molar-refractivity contribution in [1.29, 1.82) is 0 Å². The Kier molecular flexibility index (Phi) is 5.41. The van der Waals surface area contributed by atoms with Crippen LogP contribution in [0.4, 0.5) is 10.5 Å². The fourth-order valence-corrected chi connectivity index (χ4v) is 2.80. The summed E-state index contributed by atoms with van der Waals surface area (Å²) in [6.45, 7) is 0.488. The van der Waals surface area contributed by atoms with Crippen LogP contribution in [0.15, 0.2) is 24.3 Å². The fraction of sp³-hybridized carbons (Fsp3) is 0.562. The number of carbonyl (C=O) groups is 1. The van der Waals surface area contributed by atoms with E-state index in [4.69, 9.17) is 5.73 Å². The van der Waals surface area contributed by atoms with E-state index in [1.165, 1.54) is 25.7 Å². The van der Waals surface area contributed by atoms with Crippen molar-refractivity contribution in [3.8, 4) is 0 Å². The average Bonchev–Trinajstić information content (AvgIpc) is 2.75. The molecule has 0 atom stereocenters. The standard InChI is InChI=1S/C16H25N3O/c1-19(15-9-4-2-3-5-10-15)16(20)18-14-8-6-7-13(11-14)12-17/h6-8,11,15H,2-5,9-10,12,17H2,1H3,(H,18,20). The topological polar surface area (TPSA) is 58.4 Å². The molecule has 4 nitrogen and oxygen atoms in total. The van der Waals surface area contributed by atoms with Crippen molar-refractivity contribution < 1.29 is 4.79 Å². The largest absolute Gasteiger partial charge is 0.326 e. The number of hydrogen-bond acceptors (Lipinski definition) is 2. The van der Waals surface area contributed by atoms with Gasteiger partial charge in [0, 0.05) is 25.3 Å². The van der Waals surface area contributed by atoms with Gasteiger partial charge in [-0.2, -0.15) is 0 Å². The van der Waals surface area contributed by atoms with Gasteiger partial charge in [0.25, 0.3) is 0 Å². The summed E-state index contributed by atoms with van der Waals surface area (Å²) in [5, 5.41) is 2.97. The molecule has 2 amide bonds. The predicted octanol–water partition coefficient (Wildman–Crippen LogP) is 3.33. The Hall–Kier alpha value is -1.55. The Labute approximate surface area is 121 Å². The second-order valence-electron chi connectivity index (χ2n) is 5.59. The summed E-state index contributed by atoms with van der Waals surface area (Å²) in [5.74, 6) is 0. The van der Waals surface area contributed by atoms with E-state index in [2.05, 4.69) is 5.32 Å². The molecule has 0 aliphatic heterocycles. The number of anilines is 1. The molecule has 1 aromatic carbocycles. The number of nitrogens with zero attached hydrogens (tertiary/aromatic N) is 1. The summed E-state index contributed by atoms with van der Waals surface area (Å²) in [7, 11) is 1.90. The molecule has 0 unspecified atom stereocenters. The Bertz CT molecular complexity index is 439. The summed E-state index contributed by atoms with van der Waals surface area (Å²) >= 11 is 0. The highest BCUT2D eigenvalue weighted by atomic mass is 16.2. The van der Waals surface area contributed by atoms with Gasteiger partial charge in [-0.3, -0.25) is 0 Å². The van der Waals surface area contributed by atoms with Gasteiger partial charge in [-0.05, 0) is 30.5 Å². The molecule has 0 heterocycles. The van der Waals surface area contributed by atoms with E-state index < -0.39 is 0 Å². The number of nitrogens with one attached hydrogen (secondary N) is 1. The highest BCUT2D eigenvalue weighted by Gasteiger charge is 2.21. The monoisotopic (exact) mass is 275 g/mol. The van der Waals surface area contributed by atoms with E-state index in [-0.39, 0.29) is 6.03 Å². The highest BCUT2D eigenvalue weighted by Crippen LogP contribution is 2.21. The van der Waals surface area contributed by atoms with Gasteiger partial charge in [-0.15, -0.1) is 0 Å². The molecule has 1 aromatic rings. The van der Waals surface area contributed by atoms with Crippen molar-refractivity contribution in [3.05, 3.63) is 29.8 Å². The lowest BCUT2D eigenvalue weighted by molar-refractivity contribution is 0.197. The number of rotatable bonds is 3. The zero-order valence-corrected chi connectivity index (χ0v) is 12.3. The number of carbonyl (C=O) groups excluding carboxylic acids is 1. The van der Waals surface area contributed by atoms with Crippen LogP contribution in [0.3, 0.4) is 0 Å². The summed E-state index contributed by atoms with van der Waals surface area (Å²) in [4.78, 5) is 14.2. The lowest BCUT2D eigenvalue weighted by atomic mass is 10.1. The molecule has 0 spiro atoms. The minimum atomic E-state index is -0.0222. The van der Waals surface area contributed by atoms with Crippen molar-refractivity contribution in [2.75, 3.05) is 12.4 Å². The third kappa shape index (κ3) is 3.97. The lowest BCUT2D eigenvalue weighted by Gasteiger charge is -2.27. The minimum absolute atomic E-state index is 0.0222. The molecule has 1 aliphatic rings. The SMILES string of the molecule is CN(C(=O)Nc1cccc(CN)c1)C1CCCCCC1. The molecule has 0 bridgehead atoms. The highest BCUT2D eigenvalue weighted by molar-refractivity contribution is 5.89. The quantitative estimate of drug-likeness (QED) is 0.831. The minimum Gasteiger partial charge on any atom is -0.326 e. The van der Waals surface area contributed by atoms with E-state index in [1.54, 1.807) is 0 Å². The molecule has 4 heteroatoms. The van der Waals surface area contributed by atoms with Gasteiger partial charge in [0.05, 0.1) is 0 Å². The van der Waals surface area contributed by atoms with Crippen molar-refractivity contribution in [2.24, 2.45) is 5.73 Å². The predicted molar refractivity (Wildman–Crippen MR) is 82.6 cm³/mol. The van der Waals surface area contributed by atoms with Gasteiger partial charge >= 0.3 is 6.03 Å². The molecule has 1 fully saturated rings. The van der Waals surface area contributed by atoms with E-state index in [0.717, 1.165) is 24.1 Å². The van der Waals surface area contributed by atoms with E-state index in [1.807, 2.05) is 36.2 Å². The average molecular weight is 275 g/mol. The van der Waals surface area contributed by atoms with Crippen LogP contribution in [0.1, 0.15) is 44.1 Å². The van der Waals surface area contributed by atoms with Crippen LogP contribution in [-0.4, -0.2) is 24.0 Å². The number of urea groups is 1. The number of hydrogen-bond donors (Lipinski definition) is 2. The molecular formula is C16H25N3O. The van der Waals surface area contributed by atoms with Gasteiger partial charge in [-0.1, -0.05) is 37.8 Å². The van der Waals surface area contributed by atoms with Crippen LogP contribution in [0.5, 0.6) is 0 Å². The normalized spacial score (nSPS) is 16.5. The Morgan fingerprint density at radius 3 is 2.65 bits per heavy atom. The van der Waals surface area contributed by atoms with Crippen LogP contribution in [0, 0.1) is 0 Å². The van der Waals surface area contributed by atoms with E-state index in [0.29, 0.717) is 12.6 Å². The van der Waals surface area contributed by atoms with Gasteiger partial charge < -0.3 is 16.0 Å². The summed E-state index contributed by atoms with van der Waals surface area (Å²) in [6, 6.07) is 8.06. The molecule has 2 rings (SSSR count). The summed E-state index contributed by atoms with van der Waals surface area (Å²) in [5.41, 5.74) is 7.47. The Balaban J connectivity index is 1.95.